The van der Waals surface area contributed by atoms with Gasteiger partial charge in [-0.25, -0.2) is 4.98 Å². The van der Waals surface area contributed by atoms with E-state index in [-0.39, 0.29) is 11.3 Å². The van der Waals surface area contributed by atoms with E-state index >= 15 is 0 Å². The molecule has 21 heavy (non-hydrogen) atoms. The van der Waals surface area contributed by atoms with Crippen molar-refractivity contribution in [2.45, 2.75) is 33.1 Å². The highest BCUT2D eigenvalue weighted by Gasteiger charge is 2.21. The van der Waals surface area contributed by atoms with Crippen LogP contribution in [0, 0.1) is 6.92 Å². The van der Waals surface area contributed by atoms with Crippen molar-refractivity contribution in [1.82, 2.24) is 4.98 Å². The molecule has 0 unspecified atom stereocenters. The van der Waals surface area contributed by atoms with Crippen molar-refractivity contribution in [2.24, 2.45) is 0 Å². The SMILES string of the molecule is Cc1cc(NC(=O)c2ccccc2C(C)(C)C)ncc1N. The standard InChI is InChI=1S/C17H21N3O/c1-11-9-15(19-10-14(11)18)20-16(21)12-7-5-6-8-13(12)17(2,3)4/h5-10H,18H2,1-4H3,(H,19,20,21). The minimum absolute atomic E-state index is 0.0988. The number of benzene rings is 1. The normalized spacial score (nSPS) is 11.2. The summed E-state index contributed by atoms with van der Waals surface area (Å²) in [5.41, 5.74) is 8.82. The Kier molecular flexibility index (Phi) is 3.98. The van der Waals surface area contributed by atoms with E-state index in [4.69, 9.17) is 5.73 Å². The van der Waals surface area contributed by atoms with E-state index in [0.717, 1.165) is 11.1 Å². The van der Waals surface area contributed by atoms with Crippen molar-refractivity contribution < 1.29 is 4.79 Å². The topological polar surface area (TPSA) is 68.0 Å². The minimum atomic E-state index is -0.155. The number of nitrogens with one attached hydrogen (secondary N) is 1. The van der Waals surface area contributed by atoms with Crippen LogP contribution in [0.15, 0.2) is 36.5 Å². The van der Waals surface area contributed by atoms with Crippen molar-refractivity contribution in [1.29, 1.82) is 0 Å². The fourth-order valence-electron chi connectivity index (χ4n) is 2.15. The molecule has 0 aliphatic heterocycles. The van der Waals surface area contributed by atoms with Crippen LogP contribution in [0.3, 0.4) is 0 Å². The number of hydrogen-bond donors (Lipinski definition) is 2. The fraction of sp³-hybridized carbons (Fsp3) is 0.294. The third kappa shape index (κ3) is 3.40. The van der Waals surface area contributed by atoms with Crippen LogP contribution in [0.25, 0.3) is 0 Å². The average molecular weight is 283 g/mol. The van der Waals surface area contributed by atoms with Gasteiger partial charge < -0.3 is 11.1 Å². The molecule has 1 heterocycles. The summed E-state index contributed by atoms with van der Waals surface area (Å²) in [5, 5.41) is 2.83. The van der Waals surface area contributed by atoms with Gasteiger partial charge in [-0.1, -0.05) is 39.0 Å². The van der Waals surface area contributed by atoms with Gasteiger partial charge in [0.25, 0.3) is 5.91 Å². The minimum Gasteiger partial charge on any atom is -0.397 e. The summed E-state index contributed by atoms with van der Waals surface area (Å²) in [6.07, 6.45) is 1.56. The Morgan fingerprint density at radius 3 is 2.52 bits per heavy atom. The van der Waals surface area contributed by atoms with E-state index in [1.54, 1.807) is 12.3 Å². The Morgan fingerprint density at radius 1 is 1.24 bits per heavy atom. The first-order chi connectivity index (χ1) is 9.79. The molecule has 0 aliphatic carbocycles. The van der Waals surface area contributed by atoms with Gasteiger partial charge in [0.2, 0.25) is 0 Å². The van der Waals surface area contributed by atoms with Crippen LogP contribution in [-0.4, -0.2) is 10.9 Å². The molecule has 0 fully saturated rings. The Hall–Kier alpha value is -2.36. The number of amides is 1. The maximum absolute atomic E-state index is 12.5. The first-order valence-electron chi connectivity index (χ1n) is 6.92. The number of nitrogen functional groups attached to an aromatic ring is 1. The smallest absolute Gasteiger partial charge is 0.257 e. The van der Waals surface area contributed by atoms with Crippen molar-refractivity contribution in [2.75, 3.05) is 11.1 Å². The molecule has 2 rings (SSSR count). The number of aromatic nitrogens is 1. The van der Waals surface area contributed by atoms with Crippen molar-refractivity contribution in [3.8, 4) is 0 Å². The third-order valence-electron chi connectivity index (χ3n) is 3.37. The van der Waals surface area contributed by atoms with E-state index in [1.165, 1.54) is 0 Å². The molecule has 2 aromatic rings. The van der Waals surface area contributed by atoms with Gasteiger partial charge in [-0.05, 0) is 35.6 Å². The Labute approximate surface area is 125 Å². The van der Waals surface area contributed by atoms with Crippen molar-refractivity contribution in [3.63, 3.8) is 0 Å². The zero-order chi connectivity index (χ0) is 15.6. The fourth-order valence-corrected chi connectivity index (χ4v) is 2.15. The average Bonchev–Trinajstić information content (AvgIpc) is 2.42. The van der Waals surface area contributed by atoms with Gasteiger partial charge in [0.1, 0.15) is 5.82 Å². The molecule has 0 radical (unpaired) electrons. The second kappa shape index (κ2) is 5.56. The lowest BCUT2D eigenvalue weighted by Crippen LogP contribution is -2.21. The van der Waals surface area contributed by atoms with Crippen LogP contribution in [0.2, 0.25) is 0 Å². The highest BCUT2D eigenvalue weighted by Crippen LogP contribution is 2.26. The third-order valence-corrected chi connectivity index (χ3v) is 3.37. The van der Waals surface area contributed by atoms with Gasteiger partial charge in [-0.3, -0.25) is 4.79 Å². The summed E-state index contributed by atoms with van der Waals surface area (Å²) >= 11 is 0. The van der Waals surface area contributed by atoms with Gasteiger partial charge in [-0.2, -0.15) is 0 Å². The number of nitrogens with zero attached hydrogens (tertiary/aromatic N) is 1. The van der Waals surface area contributed by atoms with Gasteiger partial charge >= 0.3 is 0 Å². The molecule has 0 atom stereocenters. The number of aryl methyl sites for hydroxylation is 1. The molecular formula is C17H21N3O. The largest absolute Gasteiger partial charge is 0.397 e. The quantitative estimate of drug-likeness (QED) is 0.886. The van der Waals surface area contributed by atoms with E-state index in [1.807, 2.05) is 31.2 Å². The Balaban J connectivity index is 2.31. The molecule has 0 aliphatic rings. The van der Waals surface area contributed by atoms with Crippen molar-refractivity contribution >= 4 is 17.4 Å². The van der Waals surface area contributed by atoms with Gasteiger partial charge in [-0.15, -0.1) is 0 Å². The number of anilines is 2. The van der Waals surface area contributed by atoms with E-state index in [2.05, 4.69) is 31.1 Å². The zero-order valence-electron chi connectivity index (χ0n) is 12.9. The number of nitrogens with two attached hydrogens (primary N) is 1. The summed E-state index contributed by atoms with van der Waals surface area (Å²) in [4.78, 5) is 16.6. The van der Waals surface area contributed by atoms with E-state index in [9.17, 15) is 4.79 Å². The van der Waals surface area contributed by atoms with Crippen LogP contribution in [0.1, 0.15) is 42.3 Å². The van der Waals surface area contributed by atoms with Gasteiger partial charge in [0.15, 0.2) is 0 Å². The molecule has 1 aromatic heterocycles. The molecule has 1 amide bonds. The monoisotopic (exact) mass is 283 g/mol. The number of rotatable bonds is 2. The van der Waals surface area contributed by atoms with Crippen molar-refractivity contribution in [3.05, 3.63) is 53.2 Å². The molecule has 0 saturated carbocycles. The lowest BCUT2D eigenvalue weighted by atomic mass is 9.83. The highest BCUT2D eigenvalue weighted by molar-refractivity contribution is 6.05. The molecular weight excluding hydrogens is 262 g/mol. The summed E-state index contributed by atoms with van der Waals surface area (Å²) in [7, 11) is 0. The first-order valence-corrected chi connectivity index (χ1v) is 6.92. The molecule has 0 bridgehead atoms. The van der Waals surface area contributed by atoms with Crippen LogP contribution < -0.4 is 11.1 Å². The maximum Gasteiger partial charge on any atom is 0.257 e. The summed E-state index contributed by atoms with van der Waals surface area (Å²) < 4.78 is 0. The van der Waals surface area contributed by atoms with E-state index in [0.29, 0.717) is 17.1 Å². The van der Waals surface area contributed by atoms with Gasteiger partial charge in [0.05, 0.1) is 11.9 Å². The Morgan fingerprint density at radius 2 is 1.90 bits per heavy atom. The van der Waals surface area contributed by atoms with Crippen LogP contribution in [0.5, 0.6) is 0 Å². The summed E-state index contributed by atoms with van der Waals surface area (Å²) in [6.45, 7) is 8.15. The summed E-state index contributed by atoms with van der Waals surface area (Å²) in [5.74, 6) is 0.354. The number of carbonyl (C=O) groups is 1. The van der Waals surface area contributed by atoms with Gasteiger partial charge in [0, 0.05) is 5.56 Å². The lowest BCUT2D eigenvalue weighted by Gasteiger charge is -2.22. The molecule has 0 spiro atoms. The lowest BCUT2D eigenvalue weighted by molar-refractivity contribution is 0.102. The van der Waals surface area contributed by atoms with Crippen LogP contribution in [0.4, 0.5) is 11.5 Å². The number of pyridine rings is 1. The molecule has 4 nitrogen and oxygen atoms in total. The second-order valence-electron chi connectivity index (χ2n) is 6.18. The first kappa shape index (κ1) is 15.0. The molecule has 0 saturated heterocycles. The number of carbonyl (C=O) groups excluding carboxylic acids is 1. The molecule has 110 valence electrons. The van der Waals surface area contributed by atoms with Crippen LogP contribution in [-0.2, 0) is 5.41 Å². The second-order valence-corrected chi connectivity index (χ2v) is 6.18. The molecule has 1 aromatic carbocycles. The predicted octanol–water partition coefficient (Wildman–Crippen LogP) is 3.52. The zero-order valence-corrected chi connectivity index (χ0v) is 12.9. The number of hydrogen-bond acceptors (Lipinski definition) is 3. The molecule has 3 N–H and O–H groups in total. The predicted molar refractivity (Wildman–Crippen MR) is 86.5 cm³/mol. The van der Waals surface area contributed by atoms with E-state index < -0.39 is 0 Å². The van der Waals surface area contributed by atoms with Crippen LogP contribution >= 0.6 is 0 Å². The summed E-state index contributed by atoms with van der Waals surface area (Å²) in [6, 6.07) is 9.40. The Bertz CT molecular complexity index is 672. The highest BCUT2D eigenvalue weighted by atomic mass is 16.1. The molecule has 4 heteroatoms. The maximum atomic E-state index is 12.5.